The lowest BCUT2D eigenvalue weighted by atomic mass is 10.0. The molecule has 5 rings (SSSR count). The Morgan fingerprint density at radius 3 is 1.47 bits per heavy atom. The number of nitrogens with one attached hydrogen (secondary N) is 2. The zero-order valence-electron chi connectivity index (χ0n) is 18.8. The second-order valence-corrected chi connectivity index (χ2v) is 8.55. The van der Waals surface area contributed by atoms with Crippen molar-refractivity contribution in [1.29, 1.82) is 0 Å². The minimum atomic E-state index is 0.924. The molecule has 2 aromatic heterocycles. The fourth-order valence-electron chi connectivity index (χ4n) is 4.11. The van der Waals surface area contributed by atoms with E-state index in [-0.39, 0.29) is 0 Å². The van der Waals surface area contributed by atoms with Gasteiger partial charge in [-0.3, -0.25) is 10.2 Å². The van der Waals surface area contributed by atoms with Crippen LogP contribution in [0.2, 0.25) is 0 Å². The third-order valence-corrected chi connectivity index (χ3v) is 5.98. The molecule has 32 heavy (non-hydrogen) atoms. The minimum absolute atomic E-state index is 0.924. The number of nitrogens with zero attached hydrogens (tertiary/aromatic N) is 2. The Bertz CT molecular complexity index is 1320. The summed E-state index contributed by atoms with van der Waals surface area (Å²) in [4.78, 5) is 0. The topological polar surface area (TPSA) is 57.4 Å². The fourth-order valence-corrected chi connectivity index (χ4v) is 4.11. The summed E-state index contributed by atoms with van der Waals surface area (Å²) in [6, 6.07) is 25.6. The molecule has 158 valence electrons. The highest BCUT2D eigenvalue weighted by atomic mass is 15.1. The van der Waals surface area contributed by atoms with Crippen molar-refractivity contribution < 1.29 is 0 Å². The highest BCUT2D eigenvalue weighted by Crippen LogP contribution is 2.31. The van der Waals surface area contributed by atoms with E-state index in [4.69, 9.17) is 0 Å². The Labute approximate surface area is 188 Å². The maximum absolute atomic E-state index is 4.59. The second-order valence-electron chi connectivity index (χ2n) is 8.55. The standard InChI is InChI=1S/C28H26N4/c1-17-8-10-19(3)23(12-17)27-15-25(29-31-27)21-6-5-7-22(14-21)26-16-28(32-30-26)24-13-18(2)9-11-20(24)4/h5-16H,1-4H3,(H,29,31)(H,30,32). The summed E-state index contributed by atoms with van der Waals surface area (Å²) in [5.74, 6) is 0. The van der Waals surface area contributed by atoms with E-state index in [1.165, 1.54) is 33.4 Å². The van der Waals surface area contributed by atoms with Gasteiger partial charge in [0.15, 0.2) is 0 Å². The van der Waals surface area contributed by atoms with Gasteiger partial charge in [0.1, 0.15) is 0 Å². The maximum atomic E-state index is 4.59. The molecule has 4 nitrogen and oxygen atoms in total. The summed E-state index contributed by atoms with van der Waals surface area (Å²) in [5, 5.41) is 15.6. The van der Waals surface area contributed by atoms with E-state index < -0.39 is 0 Å². The van der Waals surface area contributed by atoms with Crippen LogP contribution in [0.3, 0.4) is 0 Å². The van der Waals surface area contributed by atoms with Crippen molar-refractivity contribution in [3.63, 3.8) is 0 Å². The molecule has 0 bridgehead atoms. The normalized spacial score (nSPS) is 11.1. The van der Waals surface area contributed by atoms with Crippen LogP contribution in [0.4, 0.5) is 0 Å². The predicted molar refractivity (Wildman–Crippen MR) is 131 cm³/mol. The molecule has 0 saturated carbocycles. The van der Waals surface area contributed by atoms with Gasteiger partial charge in [-0.25, -0.2) is 0 Å². The molecule has 2 N–H and O–H groups in total. The fraction of sp³-hybridized carbons (Fsp3) is 0.143. The lowest BCUT2D eigenvalue weighted by molar-refractivity contribution is 1.09. The van der Waals surface area contributed by atoms with Crippen LogP contribution in [-0.4, -0.2) is 20.4 Å². The molecule has 0 radical (unpaired) electrons. The van der Waals surface area contributed by atoms with Gasteiger partial charge in [0, 0.05) is 22.3 Å². The van der Waals surface area contributed by atoms with E-state index in [2.05, 4.69) is 121 Å². The average Bonchev–Trinajstić information content (AvgIpc) is 3.47. The van der Waals surface area contributed by atoms with Crippen LogP contribution in [0, 0.1) is 27.7 Å². The first-order valence-corrected chi connectivity index (χ1v) is 10.8. The Morgan fingerprint density at radius 1 is 0.531 bits per heavy atom. The molecule has 0 aliphatic rings. The molecule has 4 heteroatoms. The Hall–Kier alpha value is -3.92. The number of aryl methyl sites for hydroxylation is 4. The van der Waals surface area contributed by atoms with Crippen molar-refractivity contribution in [3.05, 3.63) is 95.1 Å². The van der Waals surface area contributed by atoms with Crippen molar-refractivity contribution in [2.75, 3.05) is 0 Å². The van der Waals surface area contributed by atoms with Crippen LogP contribution in [0.1, 0.15) is 22.3 Å². The number of benzene rings is 3. The predicted octanol–water partition coefficient (Wildman–Crippen LogP) is 7.03. The third-order valence-electron chi connectivity index (χ3n) is 5.98. The lowest BCUT2D eigenvalue weighted by Gasteiger charge is -2.04. The summed E-state index contributed by atoms with van der Waals surface area (Å²) in [5.41, 5.74) is 13.3. The van der Waals surface area contributed by atoms with Crippen LogP contribution in [0.15, 0.2) is 72.8 Å². The van der Waals surface area contributed by atoms with Crippen LogP contribution in [-0.2, 0) is 0 Å². The maximum Gasteiger partial charge on any atom is 0.0927 e. The van der Waals surface area contributed by atoms with E-state index in [0.717, 1.165) is 33.9 Å². The molecule has 2 heterocycles. The summed E-state index contributed by atoms with van der Waals surface area (Å²) in [6.45, 7) is 8.47. The monoisotopic (exact) mass is 418 g/mol. The van der Waals surface area contributed by atoms with Gasteiger partial charge in [0.25, 0.3) is 0 Å². The number of aromatic amines is 2. The van der Waals surface area contributed by atoms with Crippen molar-refractivity contribution in [1.82, 2.24) is 20.4 Å². The van der Waals surface area contributed by atoms with E-state index in [9.17, 15) is 0 Å². The molecule has 0 aliphatic carbocycles. The largest absolute Gasteiger partial charge is 0.277 e. The molecule has 5 aromatic rings. The summed E-state index contributed by atoms with van der Waals surface area (Å²) in [6.07, 6.45) is 0. The highest BCUT2D eigenvalue weighted by molar-refractivity contribution is 5.76. The van der Waals surface area contributed by atoms with Gasteiger partial charge < -0.3 is 0 Å². The molecule has 0 unspecified atom stereocenters. The van der Waals surface area contributed by atoms with Crippen LogP contribution in [0.5, 0.6) is 0 Å². The Morgan fingerprint density at radius 2 is 1.00 bits per heavy atom. The van der Waals surface area contributed by atoms with Gasteiger partial charge in [-0.05, 0) is 69.2 Å². The molecule has 3 aromatic carbocycles. The first kappa shape index (κ1) is 20.0. The molecule has 0 fully saturated rings. The molecule has 0 aliphatic heterocycles. The van der Waals surface area contributed by atoms with E-state index in [1.807, 2.05) is 0 Å². The summed E-state index contributed by atoms with van der Waals surface area (Å²) in [7, 11) is 0. The number of hydrogen-bond acceptors (Lipinski definition) is 2. The number of rotatable bonds is 4. The van der Waals surface area contributed by atoms with E-state index in [1.54, 1.807) is 0 Å². The lowest BCUT2D eigenvalue weighted by Crippen LogP contribution is -1.84. The average molecular weight is 419 g/mol. The molecular formula is C28H26N4. The Balaban J connectivity index is 1.48. The zero-order valence-corrected chi connectivity index (χ0v) is 18.8. The number of hydrogen-bond donors (Lipinski definition) is 2. The number of aromatic nitrogens is 4. The molecule has 0 saturated heterocycles. The minimum Gasteiger partial charge on any atom is -0.277 e. The quantitative estimate of drug-likeness (QED) is 0.329. The van der Waals surface area contributed by atoms with Gasteiger partial charge in [-0.15, -0.1) is 0 Å². The number of H-pyrrole nitrogens is 2. The van der Waals surface area contributed by atoms with Crippen molar-refractivity contribution >= 4 is 0 Å². The van der Waals surface area contributed by atoms with Gasteiger partial charge in [-0.1, -0.05) is 53.6 Å². The van der Waals surface area contributed by atoms with Crippen molar-refractivity contribution in [2.45, 2.75) is 27.7 Å². The second kappa shape index (κ2) is 7.97. The Kier molecular flexibility index (Phi) is 4.98. The van der Waals surface area contributed by atoms with Crippen molar-refractivity contribution in [3.8, 4) is 45.0 Å². The van der Waals surface area contributed by atoms with Gasteiger partial charge >= 0.3 is 0 Å². The molecule has 0 amide bonds. The van der Waals surface area contributed by atoms with Crippen LogP contribution in [0.25, 0.3) is 45.0 Å². The summed E-state index contributed by atoms with van der Waals surface area (Å²) >= 11 is 0. The van der Waals surface area contributed by atoms with Crippen molar-refractivity contribution in [2.24, 2.45) is 0 Å². The first-order valence-electron chi connectivity index (χ1n) is 10.8. The van der Waals surface area contributed by atoms with Crippen LogP contribution < -0.4 is 0 Å². The first-order chi connectivity index (χ1) is 15.5. The van der Waals surface area contributed by atoms with Crippen LogP contribution >= 0.6 is 0 Å². The van der Waals surface area contributed by atoms with E-state index in [0.29, 0.717) is 0 Å². The van der Waals surface area contributed by atoms with Gasteiger partial charge in [0.2, 0.25) is 0 Å². The zero-order chi connectivity index (χ0) is 22.2. The third kappa shape index (κ3) is 3.76. The van der Waals surface area contributed by atoms with E-state index >= 15 is 0 Å². The molecular weight excluding hydrogens is 392 g/mol. The molecule has 0 atom stereocenters. The highest BCUT2D eigenvalue weighted by Gasteiger charge is 2.12. The summed E-state index contributed by atoms with van der Waals surface area (Å²) < 4.78 is 0. The smallest absolute Gasteiger partial charge is 0.0927 e. The van der Waals surface area contributed by atoms with Gasteiger partial charge in [-0.2, -0.15) is 10.2 Å². The SMILES string of the molecule is Cc1ccc(C)c(-c2cc(-c3cccc(-c4cc(-c5cc(C)ccc5C)[nH]n4)c3)n[nH]2)c1. The molecule has 0 spiro atoms. The van der Waals surface area contributed by atoms with Gasteiger partial charge in [0.05, 0.1) is 22.8 Å².